The fraction of sp³-hybridized carbons (Fsp3) is 0.533. The van der Waals surface area contributed by atoms with E-state index in [1.54, 1.807) is 0 Å². The Hall–Kier alpha value is -1.37. The Bertz CT molecular complexity index is 449. The number of nitrogens with one attached hydrogen (secondary N) is 1. The summed E-state index contributed by atoms with van der Waals surface area (Å²) in [6.45, 7) is 7.64. The zero-order valence-electron chi connectivity index (χ0n) is 11.2. The first-order valence-corrected chi connectivity index (χ1v) is 6.62. The number of likely N-dealkylation sites (N-methyl/N-ethyl adjacent to an activating group) is 1. The van der Waals surface area contributed by atoms with Crippen molar-refractivity contribution < 1.29 is 0 Å². The van der Waals surface area contributed by atoms with Gasteiger partial charge in [0.1, 0.15) is 5.54 Å². The summed E-state index contributed by atoms with van der Waals surface area (Å²) in [6.07, 6.45) is 1.09. The van der Waals surface area contributed by atoms with Crippen molar-refractivity contribution in [3.8, 4) is 6.07 Å². The highest BCUT2D eigenvalue weighted by atomic mass is 15.2. The average molecular weight is 243 g/mol. The average Bonchev–Trinajstić information content (AvgIpc) is 2.39. The van der Waals surface area contributed by atoms with Crippen molar-refractivity contribution in [3.05, 3.63) is 35.4 Å². The summed E-state index contributed by atoms with van der Waals surface area (Å²) in [6, 6.07) is 11.0. The van der Waals surface area contributed by atoms with Crippen LogP contribution in [0.15, 0.2) is 24.3 Å². The summed E-state index contributed by atoms with van der Waals surface area (Å²) in [5.41, 5.74) is 2.41. The maximum atomic E-state index is 9.30. The van der Waals surface area contributed by atoms with Crippen LogP contribution in [0.3, 0.4) is 0 Å². The second kappa shape index (κ2) is 5.51. The van der Waals surface area contributed by atoms with Gasteiger partial charge in [-0.05, 0) is 31.0 Å². The van der Waals surface area contributed by atoms with Crippen molar-refractivity contribution in [2.75, 3.05) is 19.6 Å². The van der Waals surface area contributed by atoms with E-state index in [0.29, 0.717) is 0 Å². The van der Waals surface area contributed by atoms with Gasteiger partial charge in [0.2, 0.25) is 0 Å². The zero-order valence-corrected chi connectivity index (χ0v) is 11.2. The summed E-state index contributed by atoms with van der Waals surface area (Å²) >= 11 is 0. The molecule has 18 heavy (non-hydrogen) atoms. The molecule has 1 N–H and O–H groups in total. The van der Waals surface area contributed by atoms with Crippen LogP contribution in [0.4, 0.5) is 0 Å². The molecule has 2 rings (SSSR count). The molecule has 0 bridgehead atoms. The Morgan fingerprint density at radius 2 is 2.11 bits per heavy atom. The highest BCUT2D eigenvalue weighted by Gasteiger charge is 2.27. The number of hydrogen-bond donors (Lipinski definition) is 1. The van der Waals surface area contributed by atoms with E-state index < -0.39 is 5.54 Å². The van der Waals surface area contributed by atoms with Gasteiger partial charge in [-0.3, -0.25) is 10.2 Å². The number of nitriles is 1. The molecule has 0 radical (unpaired) electrons. The quantitative estimate of drug-likeness (QED) is 0.878. The van der Waals surface area contributed by atoms with Gasteiger partial charge in [-0.25, -0.2) is 0 Å². The molecular weight excluding hydrogens is 222 g/mol. The third-order valence-corrected chi connectivity index (χ3v) is 3.56. The van der Waals surface area contributed by atoms with Crippen LogP contribution in [0.25, 0.3) is 0 Å². The van der Waals surface area contributed by atoms with E-state index in [2.05, 4.69) is 40.6 Å². The van der Waals surface area contributed by atoms with Crippen molar-refractivity contribution in [2.45, 2.75) is 32.4 Å². The van der Waals surface area contributed by atoms with Crippen LogP contribution in [0.2, 0.25) is 0 Å². The molecule has 0 spiro atoms. The van der Waals surface area contributed by atoms with Crippen molar-refractivity contribution in [1.29, 1.82) is 5.26 Å². The third-order valence-electron chi connectivity index (χ3n) is 3.56. The predicted octanol–water partition coefficient (Wildman–Crippen LogP) is 1.94. The first-order chi connectivity index (χ1) is 8.67. The van der Waals surface area contributed by atoms with Gasteiger partial charge in [-0.15, -0.1) is 0 Å². The van der Waals surface area contributed by atoms with Crippen LogP contribution in [-0.2, 0) is 13.0 Å². The Morgan fingerprint density at radius 1 is 1.39 bits per heavy atom. The van der Waals surface area contributed by atoms with Crippen LogP contribution in [-0.4, -0.2) is 30.1 Å². The molecule has 0 amide bonds. The Kier molecular flexibility index (Phi) is 4.00. The van der Waals surface area contributed by atoms with Crippen molar-refractivity contribution in [1.82, 2.24) is 10.2 Å². The van der Waals surface area contributed by atoms with Crippen LogP contribution >= 0.6 is 0 Å². The molecule has 1 aromatic rings. The first kappa shape index (κ1) is 13.1. The molecule has 0 aromatic heterocycles. The van der Waals surface area contributed by atoms with Gasteiger partial charge in [0.25, 0.3) is 0 Å². The maximum Gasteiger partial charge on any atom is 0.116 e. The normalized spacial score (nSPS) is 18.7. The molecule has 1 aliphatic rings. The molecule has 3 nitrogen and oxygen atoms in total. The van der Waals surface area contributed by atoms with Crippen LogP contribution in [0.1, 0.15) is 25.0 Å². The zero-order chi connectivity index (χ0) is 13.0. The molecule has 3 heteroatoms. The number of fused-ring (bicyclic) bond motifs is 1. The van der Waals surface area contributed by atoms with Gasteiger partial charge in [-0.2, -0.15) is 5.26 Å². The molecule has 0 aliphatic carbocycles. The number of nitrogens with zero attached hydrogens (tertiary/aromatic N) is 2. The van der Waals surface area contributed by atoms with Gasteiger partial charge in [0.05, 0.1) is 6.07 Å². The molecule has 1 aromatic carbocycles. The third kappa shape index (κ3) is 2.90. The van der Waals surface area contributed by atoms with Crippen LogP contribution in [0, 0.1) is 11.3 Å². The summed E-state index contributed by atoms with van der Waals surface area (Å²) in [5.74, 6) is 0. The number of hydrogen-bond acceptors (Lipinski definition) is 3. The fourth-order valence-corrected chi connectivity index (χ4v) is 2.66. The summed E-state index contributed by atoms with van der Waals surface area (Å²) in [7, 11) is 0. The number of rotatable bonds is 4. The predicted molar refractivity (Wildman–Crippen MR) is 73.1 cm³/mol. The second-order valence-electron chi connectivity index (χ2n) is 5.20. The van der Waals surface area contributed by atoms with E-state index >= 15 is 0 Å². The molecule has 0 saturated carbocycles. The van der Waals surface area contributed by atoms with E-state index in [1.165, 1.54) is 11.1 Å². The van der Waals surface area contributed by atoms with Crippen molar-refractivity contribution in [3.63, 3.8) is 0 Å². The van der Waals surface area contributed by atoms with E-state index in [1.807, 2.05) is 13.8 Å². The monoisotopic (exact) mass is 243 g/mol. The Morgan fingerprint density at radius 3 is 2.78 bits per heavy atom. The van der Waals surface area contributed by atoms with Crippen molar-refractivity contribution >= 4 is 0 Å². The lowest BCUT2D eigenvalue weighted by Gasteiger charge is -2.34. The molecular formula is C15H21N3. The minimum atomic E-state index is -0.443. The first-order valence-electron chi connectivity index (χ1n) is 6.62. The molecule has 0 fully saturated rings. The van der Waals surface area contributed by atoms with Crippen LogP contribution < -0.4 is 5.32 Å². The lowest BCUT2D eigenvalue weighted by molar-refractivity contribution is 0.205. The maximum absolute atomic E-state index is 9.30. The fourth-order valence-electron chi connectivity index (χ4n) is 2.66. The van der Waals surface area contributed by atoms with E-state index in [9.17, 15) is 5.26 Å². The van der Waals surface area contributed by atoms with Crippen LogP contribution in [0.5, 0.6) is 0 Å². The highest BCUT2D eigenvalue weighted by Crippen LogP contribution is 2.20. The van der Waals surface area contributed by atoms with E-state index in [4.69, 9.17) is 0 Å². The summed E-state index contributed by atoms with van der Waals surface area (Å²) < 4.78 is 0. The smallest absolute Gasteiger partial charge is 0.116 e. The molecule has 1 aliphatic heterocycles. The minimum absolute atomic E-state index is 0.443. The molecule has 1 unspecified atom stereocenters. The van der Waals surface area contributed by atoms with Gasteiger partial charge in [0, 0.05) is 19.6 Å². The minimum Gasteiger partial charge on any atom is -0.299 e. The summed E-state index contributed by atoms with van der Waals surface area (Å²) in [5, 5.41) is 12.6. The molecule has 0 saturated heterocycles. The molecule has 1 atom stereocenters. The van der Waals surface area contributed by atoms with E-state index in [-0.39, 0.29) is 0 Å². The van der Waals surface area contributed by atoms with Gasteiger partial charge < -0.3 is 0 Å². The largest absolute Gasteiger partial charge is 0.299 e. The van der Waals surface area contributed by atoms with Gasteiger partial charge in [0.15, 0.2) is 0 Å². The number of benzene rings is 1. The second-order valence-corrected chi connectivity index (χ2v) is 5.20. The van der Waals surface area contributed by atoms with Gasteiger partial charge in [-0.1, -0.05) is 31.2 Å². The summed E-state index contributed by atoms with van der Waals surface area (Å²) in [4.78, 5) is 2.37. The van der Waals surface area contributed by atoms with Gasteiger partial charge >= 0.3 is 0 Å². The van der Waals surface area contributed by atoms with E-state index in [0.717, 1.165) is 32.6 Å². The standard InChI is InChI=1S/C15H21N3/c1-3-17-15(2,11-16)12-18-9-8-13-6-4-5-7-14(13)10-18/h4-7,17H,3,8-10,12H2,1-2H3. The topological polar surface area (TPSA) is 39.1 Å². The lowest BCUT2D eigenvalue weighted by atomic mass is 9.97. The van der Waals surface area contributed by atoms with Crippen molar-refractivity contribution in [2.24, 2.45) is 0 Å². The molecule has 1 heterocycles. The molecule has 96 valence electrons. The lowest BCUT2D eigenvalue weighted by Crippen LogP contribution is -2.51. The Labute approximate surface area is 109 Å². The SMILES string of the molecule is CCNC(C)(C#N)CN1CCc2ccccc2C1. The Balaban J connectivity index is 2.04. The highest BCUT2D eigenvalue weighted by molar-refractivity contribution is 5.29.